The Labute approximate surface area is 224 Å². The number of hydrogen-bond acceptors (Lipinski definition) is 6. The molecule has 0 radical (unpaired) electrons. The minimum absolute atomic E-state index is 0.0352. The molecule has 3 aliphatic rings. The van der Waals surface area contributed by atoms with Crippen molar-refractivity contribution in [2.45, 2.75) is 63.3 Å². The zero-order valence-corrected chi connectivity index (χ0v) is 22.0. The molecule has 3 aliphatic heterocycles. The second-order valence-electron chi connectivity index (χ2n) is 11.1. The first kappa shape index (κ1) is 25.9. The van der Waals surface area contributed by atoms with Crippen LogP contribution in [0.5, 0.6) is 0 Å². The van der Waals surface area contributed by atoms with Gasteiger partial charge in [-0.2, -0.15) is 13.2 Å². The van der Waals surface area contributed by atoms with E-state index < -0.39 is 11.9 Å². The summed E-state index contributed by atoms with van der Waals surface area (Å²) < 4.78 is 49.0. The van der Waals surface area contributed by atoms with Gasteiger partial charge >= 0.3 is 6.18 Å². The summed E-state index contributed by atoms with van der Waals surface area (Å²) in [6, 6.07) is 8.78. The molecule has 1 unspecified atom stereocenters. The van der Waals surface area contributed by atoms with Crippen molar-refractivity contribution in [3.8, 4) is 0 Å². The Morgan fingerprint density at radius 2 is 1.97 bits per heavy atom. The average molecular weight is 541 g/mol. The van der Waals surface area contributed by atoms with Crippen LogP contribution in [0.25, 0.3) is 0 Å². The van der Waals surface area contributed by atoms with Gasteiger partial charge in [-0.3, -0.25) is 14.6 Å². The molecule has 2 aromatic heterocycles. The van der Waals surface area contributed by atoms with E-state index in [1.165, 1.54) is 4.90 Å². The van der Waals surface area contributed by atoms with Crippen LogP contribution in [-0.4, -0.2) is 56.4 Å². The normalized spacial score (nSPS) is 21.2. The van der Waals surface area contributed by atoms with Gasteiger partial charge in [-0.25, -0.2) is 4.98 Å². The first-order valence-corrected chi connectivity index (χ1v) is 13.3. The number of carbonyl (C=O) groups is 1. The standard InChI is InChI=1S/C28H31F3N6O2/c1-18-5-3-4-8-36(18)13-19-9-23(28(29,30)31)33-24(10-19)37-14-20-6-7-21(11-22(20)26(37)38)27(15-39-16-27)12-25-34-32-17-35(25)2/h6-7,9-11,17-18H,3-5,8,12-16H2,1-2H3. The number of ether oxygens (including phenoxy) is 1. The zero-order chi connectivity index (χ0) is 27.4. The number of likely N-dealkylation sites (tertiary alicyclic amines) is 1. The number of fused-ring (bicyclic) bond motifs is 1. The lowest BCUT2D eigenvalue weighted by atomic mass is 9.75. The third-order valence-corrected chi connectivity index (χ3v) is 8.35. The second-order valence-corrected chi connectivity index (χ2v) is 11.1. The highest BCUT2D eigenvalue weighted by Gasteiger charge is 2.43. The Balaban J connectivity index is 1.30. The highest BCUT2D eigenvalue weighted by molar-refractivity contribution is 6.09. The molecular formula is C28H31F3N6O2. The molecule has 1 amide bonds. The summed E-state index contributed by atoms with van der Waals surface area (Å²) >= 11 is 0. The summed E-state index contributed by atoms with van der Waals surface area (Å²) in [4.78, 5) is 21.1. The molecular weight excluding hydrogens is 509 g/mol. The lowest BCUT2D eigenvalue weighted by Gasteiger charge is -2.41. The van der Waals surface area contributed by atoms with Crippen molar-refractivity contribution in [2.75, 3.05) is 24.7 Å². The minimum Gasteiger partial charge on any atom is -0.379 e. The molecule has 1 aromatic carbocycles. The summed E-state index contributed by atoms with van der Waals surface area (Å²) in [6.07, 6.45) is 0.817. The molecule has 11 heteroatoms. The molecule has 8 nitrogen and oxygen atoms in total. The van der Waals surface area contributed by atoms with Crippen LogP contribution < -0.4 is 4.90 Å². The van der Waals surface area contributed by atoms with Crippen LogP contribution >= 0.6 is 0 Å². The van der Waals surface area contributed by atoms with Crippen LogP contribution in [0, 0.1) is 0 Å². The van der Waals surface area contributed by atoms with Crippen LogP contribution in [-0.2, 0) is 42.9 Å². The van der Waals surface area contributed by atoms with Crippen molar-refractivity contribution in [3.05, 3.63) is 70.4 Å². The maximum Gasteiger partial charge on any atom is 0.433 e. The van der Waals surface area contributed by atoms with E-state index in [0.717, 1.165) is 48.8 Å². The van der Waals surface area contributed by atoms with Gasteiger partial charge in [-0.05, 0) is 61.2 Å². The number of piperidine rings is 1. The van der Waals surface area contributed by atoms with Gasteiger partial charge in [-0.15, -0.1) is 10.2 Å². The first-order chi connectivity index (χ1) is 18.6. The summed E-state index contributed by atoms with van der Waals surface area (Å²) in [5.41, 5.74) is 1.40. The Morgan fingerprint density at radius 3 is 2.64 bits per heavy atom. The number of anilines is 1. The summed E-state index contributed by atoms with van der Waals surface area (Å²) in [5, 5.41) is 8.17. The van der Waals surface area contributed by atoms with E-state index in [1.54, 1.807) is 12.4 Å². The van der Waals surface area contributed by atoms with Gasteiger partial charge in [0.25, 0.3) is 5.91 Å². The van der Waals surface area contributed by atoms with Crippen LogP contribution in [0.4, 0.5) is 19.0 Å². The third-order valence-electron chi connectivity index (χ3n) is 8.35. The number of rotatable bonds is 6. The van der Waals surface area contributed by atoms with Gasteiger partial charge in [0, 0.05) is 37.0 Å². The molecule has 2 saturated heterocycles. The highest BCUT2D eigenvalue weighted by Crippen LogP contribution is 2.39. The Morgan fingerprint density at radius 1 is 1.15 bits per heavy atom. The van der Waals surface area contributed by atoms with Gasteiger partial charge in [0.1, 0.15) is 23.7 Å². The zero-order valence-electron chi connectivity index (χ0n) is 22.0. The van der Waals surface area contributed by atoms with Crippen molar-refractivity contribution in [1.29, 1.82) is 0 Å². The minimum atomic E-state index is -4.61. The van der Waals surface area contributed by atoms with Gasteiger partial charge in [0.2, 0.25) is 0 Å². The maximum absolute atomic E-state index is 13.9. The fraction of sp³-hybridized carbons (Fsp3) is 0.500. The van der Waals surface area contributed by atoms with Crippen molar-refractivity contribution >= 4 is 11.7 Å². The number of nitrogens with zero attached hydrogens (tertiary/aromatic N) is 6. The molecule has 0 spiro atoms. The smallest absolute Gasteiger partial charge is 0.379 e. The van der Waals surface area contributed by atoms with Crippen LogP contribution in [0.1, 0.15) is 64.8 Å². The lowest BCUT2D eigenvalue weighted by Crippen LogP contribution is -2.49. The molecule has 2 fully saturated rings. The van der Waals surface area contributed by atoms with E-state index in [2.05, 4.69) is 27.0 Å². The van der Waals surface area contributed by atoms with E-state index in [-0.39, 0.29) is 23.7 Å². The number of benzene rings is 1. The van der Waals surface area contributed by atoms with Gasteiger partial charge < -0.3 is 9.30 Å². The van der Waals surface area contributed by atoms with Gasteiger partial charge in [-0.1, -0.05) is 18.6 Å². The van der Waals surface area contributed by atoms with Crippen molar-refractivity contribution in [3.63, 3.8) is 0 Å². The fourth-order valence-corrected chi connectivity index (χ4v) is 5.88. The molecule has 0 saturated carbocycles. The quantitative estimate of drug-likeness (QED) is 0.465. The summed E-state index contributed by atoms with van der Waals surface area (Å²) in [6.45, 7) is 4.50. The van der Waals surface area contributed by atoms with Crippen LogP contribution in [0.2, 0.25) is 0 Å². The second kappa shape index (κ2) is 9.71. The van der Waals surface area contributed by atoms with E-state index in [0.29, 0.717) is 43.3 Å². The molecule has 3 aromatic rings. The van der Waals surface area contributed by atoms with E-state index >= 15 is 0 Å². The number of hydrogen-bond donors (Lipinski definition) is 0. The highest BCUT2D eigenvalue weighted by atomic mass is 19.4. The molecule has 0 aliphatic carbocycles. The van der Waals surface area contributed by atoms with Crippen molar-refractivity contribution < 1.29 is 22.7 Å². The summed E-state index contributed by atoms with van der Waals surface area (Å²) in [7, 11) is 1.88. The Kier molecular flexibility index (Phi) is 6.46. The predicted octanol–water partition coefficient (Wildman–Crippen LogP) is 4.27. The Bertz CT molecular complexity index is 1400. The molecule has 0 bridgehead atoms. The summed E-state index contributed by atoms with van der Waals surface area (Å²) in [5.74, 6) is 0.508. The largest absolute Gasteiger partial charge is 0.433 e. The maximum atomic E-state index is 13.9. The SMILES string of the molecule is CC1CCCCN1Cc1cc(N2Cc3ccc(C4(Cc5nncn5C)COC4)cc3C2=O)nc(C(F)(F)F)c1. The fourth-order valence-electron chi connectivity index (χ4n) is 5.88. The first-order valence-electron chi connectivity index (χ1n) is 13.3. The number of amides is 1. The molecule has 206 valence electrons. The molecule has 0 N–H and O–H groups in total. The third kappa shape index (κ3) is 4.82. The molecule has 6 rings (SSSR count). The topological polar surface area (TPSA) is 76.4 Å². The van der Waals surface area contributed by atoms with E-state index in [4.69, 9.17) is 4.74 Å². The lowest BCUT2D eigenvalue weighted by molar-refractivity contribution is -0.141. The Hall–Kier alpha value is -3.31. The number of aromatic nitrogens is 4. The predicted molar refractivity (Wildman–Crippen MR) is 137 cm³/mol. The van der Waals surface area contributed by atoms with Gasteiger partial charge in [0.15, 0.2) is 0 Å². The average Bonchev–Trinajstić information content (AvgIpc) is 3.44. The molecule has 1 atom stereocenters. The van der Waals surface area contributed by atoms with Crippen LogP contribution in [0.3, 0.4) is 0 Å². The molecule has 39 heavy (non-hydrogen) atoms. The number of aryl methyl sites for hydroxylation is 1. The van der Waals surface area contributed by atoms with Gasteiger partial charge in [0.05, 0.1) is 19.8 Å². The van der Waals surface area contributed by atoms with Crippen molar-refractivity contribution in [1.82, 2.24) is 24.6 Å². The molecule has 5 heterocycles. The van der Waals surface area contributed by atoms with Crippen molar-refractivity contribution in [2.24, 2.45) is 7.05 Å². The van der Waals surface area contributed by atoms with E-state index in [9.17, 15) is 18.0 Å². The number of carbonyl (C=O) groups excluding carboxylic acids is 1. The monoisotopic (exact) mass is 540 g/mol. The number of pyridine rings is 1. The number of alkyl halides is 3. The van der Waals surface area contributed by atoms with E-state index in [1.807, 2.05) is 29.8 Å². The number of halogens is 3. The van der Waals surface area contributed by atoms with Crippen LogP contribution in [0.15, 0.2) is 36.7 Å².